The van der Waals surface area contributed by atoms with Gasteiger partial charge >= 0.3 is 5.97 Å². The SMILES string of the molecule is CCCC(=O)[C@@H]1CCCN1C(=O)[C@@H](CC(=O)[C@H](CC/C=C/C(=O)OC(C)C)NCCC1CCNCC1)C(C)C. The number of ether oxygens (including phenoxy) is 1. The summed E-state index contributed by atoms with van der Waals surface area (Å²) in [4.78, 5) is 53.5. The fourth-order valence-electron chi connectivity index (χ4n) is 5.68. The van der Waals surface area contributed by atoms with Crippen molar-refractivity contribution >= 4 is 23.4 Å². The molecule has 1 amide bonds. The van der Waals surface area contributed by atoms with E-state index in [-0.39, 0.29) is 54.0 Å². The quantitative estimate of drug-likeness (QED) is 0.208. The van der Waals surface area contributed by atoms with E-state index in [4.69, 9.17) is 4.74 Å². The molecule has 0 aromatic rings. The lowest BCUT2D eigenvalue weighted by Gasteiger charge is -2.31. The highest BCUT2D eigenvalue weighted by Crippen LogP contribution is 2.27. The van der Waals surface area contributed by atoms with E-state index >= 15 is 0 Å². The summed E-state index contributed by atoms with van der Waals surface area (Å²) in [6.07, 6.45) is 10.4. The zero-order valence-electron chi connectivity index (χ0n) is 25.0. The summed E-state index contributed by atoms with van der Waals surface area (Å²) in [7, 11) is 0. The van der Waals surface area contributed by atoms with Gasteiger partial charge in [-0.05, 0) is 96.7 Å². The van der Waals surface area contributed by atoms with Gasteiger partial charge < -0.3 is 20.3 Å². The highest BCUT2D eigenvalue weighted by molar-refractivity contribution is 5.93. The van der Waals surface area contributed by atoms with Crippen LogP contribution in [0.5, 0.6) is 0 Å². The van der Waals surface area contributed by atoms with Gasteiger partial charge in [-0.15, -0.1) is 0 Å². The van der Waals surface area contributed by atoms with Crippen LogP contribution in [0.3, 0.4) is 0 Å². The van der Waals surface area contributed by atoms with E-state index in [9.17, 15) is 19.2 Å². The van der Waals surface area contributed by atoms with Gasteiger partial charge in [0.05, 0.1) is 18.2 Å². The van der Waals surface area contributed by atoms with Crippen molar-refractivity contribution in [3.05, 3.63) is 12.2 Å². The smallest absolute Gasteiger partial charge is 0.330 e. The number of esters is 1. The molecule has 2 N–H and O–H groups in total. The van der Waals surface area contributed by atoms with E-state index in [0.29, 0.717) is 31.7 Å². The van der Waals surface area contributed by atoms with Crippen LogP contribution in [0.1, 0.15) is 98.8 Å². The summed E-state index contributed by atoms with van der Waals surface area (Å²) in [5, 5.41) is 6.88. The molecule has 0 spiro atoms. The van der Waals surface area contributed by atoms with Crippen LogP contribution < -0.4 is 10.6 Å². The lowest BCUT2D eigenvalue weighted by molar-refractivity contribution is -0.144. The summed E-state index contributed by atoms with van der Waals surface area (Å²) in [5.74, 6) is -0.0792. The van der Waals surface area contributed by atoms with E-state index in [0.717, 1.165) is 58.2 Å². The topological polar surface area (TPSA) is 105 Å². The zero-order valence-corrected chi connectivity index (χ0v) is 25.0. The zero-order chi connectivity index (χ0) is 28.8. The number of ketones is 2. The number of allylic oxidation sites excluding steroid dienone is 1. The van der Waals surface area contributed by atoms with Gasteiger partial charge in [0.1, 0.15) is 0 Å². The Labute approximate surface area is 236 Å². The molecule has 0 radical (unpaired) electrons. The minimum absolute atomic E-state index is 0.00920. The lowest BCUT2D eigenvalue weighted by Crippen LogP contribution is -2.46. The molecule has 222 valence electrons. The van der Waals surface area contributed by atoms with E-state index in [2.05, 4.69) is 10.6 Å². The number of rotatable bonds is 17. The molecule has 3 atom stereocenters. The molecular formula is C31H53N3O5. The maximum Gasteiger partial charge on any atom is 0.330 e. The summed E-state index contributed by atoms with van der Waals surface area (Å²) in [6, 6.07) is -0.730. The van der Waals surface area contributed by atoms with Crippen LogP contribution in [0.2, 0.25) is 0 Å². The second kappa shape index (κ2) is 17.6. The molecule has 8 nitrogen and oxygen atoms in total. The van der Waals surface area contributed by atoms with Crippen molar-refractivity contribution < 1.29 is 23.9 Å². The summed E-state index contributed by atoms with van der Waals surface area (Å²) in [6.45, 7) is 13.0. The van der Waals surface area contributed by atoms with Gasteiger partial charge in [-0.3, -0.25) is 14.4 Å². The molecule has 0 unspecified atom stereocenters. The van der Waals surface area contributed by atoms with Crippen molar-refractivity contribution in [2.24, 2.45) is 17.8 Å². The summed E-state index contributed by atoms with van der Waals surface area (Å²) in [5.41, 5.74) is 0. The van der Waals surface area contributed by atoms with Crippen LogP contribution in [0.25, 0.3) is 0 Å². The molecule has 2 fully saturated rings. The molecule has 2 aliphatic rings. The molecule has 0 aliphatic carbocycles. The van der Waals surface area contributed by atoms with E-state index in [1.807, 2.05) is 34.6 Å². The first-order valence-electron chi connectivity index (χ1n) is 15.3. The van der Waals surface area contributed by atoms with Crippen LogP contribution in [0, 0.1) is 17.8 Å². The number of nitrogens with zero attached hydrogens (tertiary/aromatic N) is 1. The molecule has 39 heavy (non-hydrogen) atoms. The third-order valence-corrected chi connectivity index (χ3v) is 7.97. The Balaban J connectivity index is 2.05. The minimum Gasteiger partial charge on any atom is -0.460 e. The van der Waals surface area contributed by atoms with Gasteiger partial charge in [0.25, 0.3) is 0 Å². The average Bonchev–Trinajstić information content (AvgIpc) is 3.38. The first kappa shape index (κ1) is 33.1. The highest BCUT2D eigenvalue weighted by atomic mass is 16.5. The first-order valence-corrected chi connectivity index (χ1v) is 15.3. The van der Waals surface area contributed by atoms with Crippen LogP contribution in [-0.2, 0) is 23.9 Å². The summed E-state index contributed by atoms with van der Waals surface area (Å²) < 4.78 is 5.15. The minimum atomic E-state index is -0.446. The second-order valence-corrected chi connectivity index (χ2v) is 11.9. The Kier molecular flexibility index (Phi) is 15.0. The molecule has 0 aromatic heterocycles. The fraction of sp³-hybridized carbons (Fsp3) is 0.806. The van der Waals surface area contributed by atoms with Crippen molar-refractivity contribution in [3.63, 3.8) is 0 Å². The van der Waals surface area contributed by atoms with Crippen molar-refractivity contribution in [1.29, 1.82) is 0 Å². The Morgan fingerprint density at radius 1 is 1.08 bits per heavy atom. The van der Waals surface area contributed by atoms with Gasteiger partial charge in [0, 0.05) is 31.4 Å². The molecule has 0 saturated carbocycles. The number of Topliss-reactive ketones (excluding diaryl/α,β-unsaturated/α-hetero) is 2. The van der Waals surface area contributed by atoms with Gasteiger partial charge in [0.2, 0.25) is 5.91 Å². The van der Waals surface area contributed by atoms with Gasteiger partial charge in [0.15, 0.2) is 11.6 Å². The van der Waals surface area contributed by atoms with Crippen molar-refractivity contribution in [2.45, 2.75) is 117 Å². The monoisotopic (exact) mass is 547 g/mol. The molecule has 0 bridgehead atoms. The number of hydrogen-bond donors (Lipinski definition) is 2. The van der Waals surface area contributed by atoms with Crippen LogP contribution >= 0.6 is 0 Å². The number of amides is 1. The molecule has 2 heterocycles. The molecule has 0 aromatic carbocycles. The molecule has 2 saturated heterocycles. The molecule has 2 aliphatic heterocycles. The second-order valence-electron chi connectivity index (χ2n) is 11.9. The van der Waals surface area contributed by atoms with Crippen molar-refractivity contribution in [2.75, 3.05) is 26.2 Å². The molecule has 2 rings (SSSR count). The standard InChI is InChI=1S/C31H53N3O5/c1-6-10-28(35)27-12-9-20-34(27)31(38)25(22(2)3)21-29(36)26(11-7-8-13-30(37)39-23(4)5)33-19-16-24-14-17-32-18-15-24/h8,13,22-27,32-33H,6-7,9-12,14-21H2,1-5H3/b13-8+/t25-,26-,27-/m0/s1. The van der Waals surface area contributed by atoms with Gasteiger partial charge in [-0.1, -0.05) is 26.8 Å². The maximum atomic E-state index is 13.6. The average molecular weight is 548 g/mol. The van der Waals surface area contributed by atoms with Crippen LogP contribution in [0.4, 0.5) is 0 Å². The Morgan fingerprint density at radius 3 is 2.44 bits per heavy atom. The lowest BCUT2D eigenvalue weighted by atomic mass is 9.86. The third kappa shape index (κ3) is 11.5. The maximum absolute atomic E-state index is 13.6. The third-order valence-electron chi connectivity index (χ3n) is 7.97. The number of likely N-dealkylation sites (tertiary alicyclic amines) is 1. The number of hydrogen-bond acceptors (Lipinski definition) is 7. The summed E-state index contributed by atoms with van der Waals surface area (Å²) >= 11 is 0. The Bertz CT molecular complexity index is 819. The Hall–Kier alpha value is -2.06. The predicted octanol–water partition coefficient (Wildman–Crippen LogP) is 4.21. The molecular weight excluding hydrogens is 494 g/mol. The Morgan fingerprint density at radius 2 is 1.79 bits per heavy atom. The number of nitrogens with one attached hydrogen (secondary N) is 2. The molecule has 8 heteroatoms. The van der Waals surface area contributed by atoms with Gasteiger partial charge in [-0.2, -0.15) is 0 Å². The number of carbonyl (C=O) groups excluding carboxylic acids is 4. The highest BCUT2D eigenvalue weighted by Gasteiger charge is 2.38. The predicted molar refractivity (Wildman–Crippen MR) is 154 cm³/mol. The first-order chi connectivity index (χ1) is 18.6. The number of carbonyl (C=O) groups is 4. The van der Waals surface area contributed by atoms with E-state index in [1.54, 1.807) is 11.0 Å². The number of piperidine rings is 1. The fourth-order valence-corrected chi connectivity index (χ4v) is 5.68. The largest absolute Gasteiger partial charge is 0.460 e. The van der Waals surface area contributed by atoms with Gasteiger partial charge in [-0.25, -0.2) is 4.79 Å². The van der Waals surface area contributed by atoms with Crippen LogP contribution in [-0.4, -0.2) is 72.7 Å². The van der Waals surface area contributed by atoms with Crippen molar-refractivity contribution in [3.8, 4) is 0 Å². The van der Waals surface area contributed by atoms with Crippen LogP contribution in [0.15, 0.2) is 12.2 Å². The van der Waals surface area contributed by atoms with E-state index < -0.39 is 5.92 Å². The normalized spacial score (nSPS) is 20.1. The van der Waals surface area contributed by atoms with Crippen molar-refractivity contribution in [1.82, 2.24) is 15.5 Å². The van der Waals surface area contributed by atoms with E-state index in [1.165, 1.54) is 6.08 Å².